The number of carbonyl (C=O) groups is 1. The quantitative estimate of drug-likeness (QED) is 0.524. The topological polar surface area (TPSA) is 87.0 Å². The highest BCUT2D eigenvalue weighted by Gasteiger charge is 2.69. The summed E-state index contributed by atoms with van der Waals surface area (Å²) in [4.78, 5) is 12.3. The van der Waals surface area contributed by atoms with E-state index in [9.17, 15) is 20.1 Å². The largest absolute Gasteiger partial charge is 0.428 e. The number of cyclic esters (lactones) is 1. The van der Waals surface area contributed by atoms with E-state index in [1.165, 1.54) is 25.7 Å². The number of hydrogen-bond acceptors (Lipinski definition) is 5. The average molecular weight is 419 g/mol. The zero-order valence-corrected chi connectivity index (χ0v) is 19.1. The highest BCUT2D eigenvalue weighted by atomic mass is 16.6. The zero-order chi connectivity index (χ0) is 21.9. The van der Waals surface area contributed by atoms with Crippen molar-refractivity contribution in [2.45, 2.75) is 98.1 Å². The lowest BCUT2D eigenvalue weighted by molar-refractivity contribution is -0.225. The Morgan fingerprint density at radius 2 is 1.53 bits per heavy atom. The molecule has 0 radical (unpaired) electrons. The van der Waals surface area contributed by atoms with E-state index in [-0.39, 0.29) is 22.3 Å². The minimum Gasteiger partial charge on any atom is -0.428 e. The van der Waals surface area contributed by atoms with Gasteiger partial charge in [0.05, 0.1) is 17.8 Å². The number of hydrogen-bond donors (Lipinski definition) is 3. The smallest absolute Gasteiger partial charge is 0.339 e. The van der Waals surface area contributed by atoms with Crippen LogP contribution < -0.4 is 0 Å². The molecular weight excluding hydrogens is 380 g/mol. The average Bonchev–Trinajstić information content (AvgIpc) is 2.95. The Balaban J connectivity index is 1.63. The van der Waals surface area contributed by atoms with Gasteiger partial charge < -0.3 is 20.1 Å². The maximum absolute atomic E-state index is 12.3. The normalized spacial score (nSPS) is 54.6. The van der Waals surface area contributed by atoms with Crippen LogP contribution in [0.1, 0.15) is 79.6 Å². The highest BCUT2D eigenvalue weighted by molar-refractivity contribution is 5.94. The first kappa shape index (κ1) is 21.0. The van der Waals surface area contributed by atoms with Crippen molar-refractivity contribution < 1.29 is 24.9 Å². The van der Waals surface area contributed by atoms with Crippen LogP contribution in [-0.4, -0.2) is 39.8 Å². The number of carbonyl (C=O) groups excluding carboxylic acids is 1. The van der Waals surface area contributed by atoms with Crippen molar-refractivity contribution in [2.24, 2.45) is 39.4 Å². The summed E-state index contributed by atoms with van der Waals surface area (Å²) in [6.07, 6.45) is 4.09. The van der Waals surface area contributed by atoms with E-state index in [4.69, 9.17) is 4.74 Å². The van der Waals surface area contributed by atoms with E-state index in [0.29, 0.717) is 35.7 Å². The monoisotopic (exact) mass is 418 g/mol. The molecule has 0 unspecified atom stereocenters. The fraction of sp³-hybridized carbons (Fsp3) is 0.880. The standard InChI is InChI=1S/C25H38O5/c1-22(2)8-6-9-23(3)14(22)7-10-24(4)15(23)12-17(27)25(5)16(24)11-13(26)18-19(25)21(29)30-20(18)28/h13-17,21,26-27,29H,6-12H2,1-5H3/t13-,14+,15-,16+,17-,21-,23+,24-,25-/m1/s1. The second-order valence-electron chi connectivity index (χ2n) is 12.4. The molecule has 3 fully saturated rings. The molecule has 0 aromatic heterocycles. The van der Waals surface area contributed by atoms with Crippen molar-refractivity contribution in [3.63, 3.8) is 0 Å². The van der Waals surface area contributed by atoms with Crippen molar-refractivity contribution in [1.82, 2.24) is 0 Å². The lowest BCUT2D eigenvalue weighted by Gasteiger charge is -2.70. The van der Waals surface area contributed by atoms with Crippen LogP contribution in [0.4, 0.5) is 0 Å². The van der Waals surface area contributed by atoms with Crippen LogP contribution in [-0.2, 0) is 9.53 Å². The Bertz CT molecular complexity index is 816. The van der Waals surface area contributed by atoms with Crippen molar-refractivity contribution in [1.29, 1.82) is 0 Å². The third kappa shape index (κ3) is 2.32. The van der Waals surface area contributed by atoms with Gasteiger partial charge in [-0.3, -0.25) is 0 Å². The lowest BCUT2D eigenvalue weighted by Crippen LogP contribution is -2.66. The molecule has 168 valence electrons. The van der Waals surface area contributed by atoms with Gasteiger partial charge in [0.2, 0.25) is 6.29 Å². The van der Waals surface area contributed by atoms with Gasteiger partial charge in [-0.15, -0.1) is 0 Å². The Morgan fingerprint density at radius 3 is 2.23 bits per heavy atom. The molecule has 5 heteroatoms. The molecule has 5 nitrogen and oxygen atoms in total. The summed E-state index contributed by atoms with van der Waals surface area (Å²) in [5.74, 6) is 0.368. The van der Waals surface area contributed by atoms with Gasteiger partial charge in [0.15, 0.2) is 0 Å². The molecule has 3 saturated carbocycles. The third-order valence-corrected chi connectivity index (χ3v) is 10.9. The van der Waals surface area contributed by atoms with E-state index < -0.39 is 29.9 Å². The van der Waals surface area contributed by atoms with E-state index in [1.807, 2.05) is 6.92 Å². The molecule has 1 aliphatic heterocycles. The van der Waals surface area contributed by atoms with Crippen LogP contribution in [0.15, 0.2) is 11.1 Å². The summed E-state index contributed by atoms with van der Waals surface area (Å²) in [6.45, 7) is 11.6. The maximum Gasteiger partial charge on any atom is 0.339 e. The fourth-order valence-corrected chi connectivity index (χ4v) is 9.59. The molecule has 0 aromatic rings. The number of aliphatic hydroxyl groups is 3. The van der Waals surface area contributed by atoms with Crippen LogP contribution in [0.2, 0.25) is 0 Å². The Hall–Kier alpha value is -0.910. The highest BCUT2D eigenvalue weighted by Crippen LogP contribution is 2.73. The van der Waals surface area contributed by atoms with Crippen molar-refractivity contribution >= 4 is 5.97 Å². The predicted molar refractivity (Wildman–Crippen MR) is 112 cm³/mol. The van der Waals surface area contributed by atoms with E-state index in [1.54, 1.807) is 0 Å². The third-order valence-electron chi connectivity index (χ3n) is 10.9. The van der Waals surface area contributed by atoms with Gasteiger partial charge in [-0.25, -0.2) is 4.79 Å². The fourth-order valence-electron chi connectivity index (χ4n) is 9.59. The van der Waals surface area contributed by atoms with Crippen LogP contribution >= 0.6 is 0 Å². The summed E-state index contributed by atoms with van der Waals surface area (Å²) in [6, 6.07) is 0. The molecule has 5 rings (SSSR count). The predicted octanol–water partition coefficient (Wildman–Crippen LogP) is 3.56. The van der Waals surface area contributed by atoms with Crippen molar-refractivity contribution in [3.8, 4) is 0 Å². The van der Waals surface area contributed by atoms with E-state index in [2.05, 4.69) is 27.7 Å². The van der Waals surface area contributed by atoms with Crippen molar-refractivity contribution in [2.75, 3.05) is 0 Å². The molecule has 3 N–H and O–H groups in total. The maximum atomic E-state index is 12.3. The Labute approximate surface area is 179 Å². The molecule has 0 aromatic carbocycles. The summed E-state index contributed by atoms with van der Waals surface area (Å²) in [5, 5.41) is 33.1. The van der Waals surface area contributed by atoms with Crippen LogP contribution in [0, 0.1) is 39.4 Å². The van der Waals surface area contributed by atoms with Crippen LogP contribution in [0.3, 0.4) is 0 Å². The first-order valence-corrected chi connectivity index (χ1v) is 11.9. The second-order valence-corrected chi connectivity index (χ2v) is 12.4. The van der Waals surface area contributed by atoms with Gasteiger partial charge in [0, 0.05) is 11.0 Å². The van der Waals surface area contributed by atoms with Gasteiger partial charge in [-0.05, 0) is 72.5 Å². The second kappa shape index (κ2) is 6.11. The first-order valence-electron chi connectivity index (χ1n) is 11.9. The Kier molecular flexibility index (Phi) is 4.27. The minimum atomic E-state index is -1.36. The van der Waals surface area contributed by atoms with Crippen LogP contribution in [0.25, 0.3) is 0 Å². The summed E-state index contributed by atoms with van der Waals surface area (Å²) in [5.41, 5.74) is 0.304. The molecule has 0 saturated heterocycles. The Morgan fingerprint density at radius 1 is 0.867 bits per heavy atom. The van der Waals surface area contributed by atoms with Crippen LogP contribution in [0.5, 0.6) is 0 Å². The van der Waals surface area contributed by atoms with Gasteiger partial charge in [0.1, 0.15) is 0 Å². The SMILES string of the molecule is CC1(C)CCC[C@]2(C)[C@H]3C[C@@H](O)[C@]4(C)C5=C(C(=O)O[C@H]5O)[C@H](O)C[C@H]4[C@]3(C)CC[C@@H]12. The van der Waals surface area contributed by atoms with E-state index in [0.717, 1.165) is 6.42 Å². The number of fused-ring (bicyclic) bond motifs is 6. The van der Waals surface area contributed by atoms with E-state index >= 15 is 0 Å². The van der Waals surface area contributed by atoms with Gasteiger partial charge in [0.25, 0.3) is 0 Å². The lowest BCUT2D eigenvalue weighted by atomic mass is 9.35. The van der Waals surface area contributed by atoms with Crippen molar-refractivity contribution in [3.05, 3.63) is 11.1 Å². The molecule has 0 spiro atoms. The minimum absolute atomic E-state index is 0.000497. The van der Waals surface area contributed by atoms with Gasteiger partial charge in [-0.1, -0.05) is 41.0 Å². The molecule has 0 bridgehead atoms. The number of ether oxygens (including phenoxy) is 1. The summed E-state index contributed by atoms with van der Waals surface area (Å²) < 4.78 is 5.11. The molecule has 5 aliphatic rings. The number of esters is 1. The molecule has 4 aliphatic carbocycles. The zero-order valence-electron chi connectivity index (χ0n) is 19.1. The molecule has 0 amide bonds. The molecule has 30 heavy (non-hydrogen) atoms. The van der Waals surface area contributed by atoms with Gasteiger partial charge >= 0.3 is 5.97 Å². The number of rotatable bonds is 0. The molecule has 9 atom stereocenters. The first-order chi connectivity index (χ1) is 13.9. The summed E-state index contributed by atoms with van der Waals surface area (Å²) >= 11 is 0. The number of aliphatic hydroxyl groups excluding tert-OH is 3. The molecule has 1 heterocycles. The molecular formula is C25H38O5. The summed E-state index contributed by atoms with van der Waals surface area (Å²) in [7, 11) is 0. The van der Waals surface area contributed by atoms with Gasteiger partial charge in [-0.2, -0.15) is 0 Å².